The fourth-order valence-corrected chi connectivity index (χ4v) is 2.52. The smallest absolute Gasteiger partial charge is 0.314 e. The van der Waals surface area contributed by atoms with Crippen LogP contribution in [0.5, 0.6) is 0 Å². The van der Waals surface area contributed by atoms with Gasteiger partial charge in [0.05, 0.1) is 18.7 Å². The average Bonchev–Trinajstić information content (AvgIpc) is 2.50. The molecule has 21 heavy (non-hydrogen) atoms. The molecule has 0 spiro atoms. The molecule has 2 aromatic carbocycles. The molecule has 5 heteroatoms. The molecule has 0 radical (unpaired) electrons. The van der Waals surface area contributed by atoms with Gasteiger partial charge in [-0.3, -0.25) is 4.79 Å². The second-order valence-electron chi connectivity index (χ2n) is 4.46. The summed E-state index contributed by atoms with van der Waals surface area (Å²) in [6, 6.07) is 14.0. The molecule has 0 aliphatic heterocycles. The van der Waals surface area contributed by atoms with E-state index in [1.165, 1.54) is 13.2 Å². The predicted octanol–water partition coefficient (Wildman–Crippen LogP) is 3.96. The van der Waals surface area contributed by atoms with Crippen LogP contribution in [0.2, 0.25) is 0 Å². The highest BCUT2D eigenvalue weighted by atomic mass is 79.9. The Morgan fingerprint density at radius 1 is 1.24 bits per heavy atom. The summed E-state index contributed by atoms with van der Waals surface area (Å²) in [7, 11) is 1.34. The highest BCUT2D eigenvalue weighted by molar-refractivity contribution is 9.10. The molecule has 0 heterocycles. The lowest BCUT2D eigenvalue weighted by Crippen LogP contribution is -2.23. The highest BCUT2D eigenvalue weighted by Crippen LogP contribution is 2.26. The molecule has 1 N–H and O–H groups in total. The quantitative estimate of drug-likeness (QED) is 0.828. The van der Waals surface area contributed by atoms with Gasteiger partial charge in [0.1, 0.15) is 5.82 Å². The molecule has 1 atom stereocenters. The van der Waals surface area contributed by atoms with Gasteiger partial charge in [-0.2, -0.15) is 0 Å². The third-order valence-electron chi connectivity index (χ3n) is 3.13. The molecule has 2 aromatic rings. The molecule has 0 saturated heterocycles. The van der Waals surface area contributed by atoms with Crippen LogP contribution in [-0.4, -0.2) is 19.6 Å². The summed E-state index contributed by atoms with van der Waals surface area (Å²) in [6.07, 6.45) is 0. The number of halogens is 2. The molecule has 0 saturated carbocycles. The monoisotopic (exact) mass is 351 g/mol. The van der Waals surface area contributed by atoms with Crippen LogP contribution in [0.3, 0.4) is 0 Å². The number of hydrogen-bond donors (Lipinski definition) is 1. The van der Waals surface area contributed by atoms with Crippen molar-refractivity contribution in [2.75, 3.05) is 19.0 Å². The number of ether oxygens (including phenoxy) is 1. The van der Waals surface area contributed by atoms with Crippen LogP contribution >= 0.6 is 15.9 Å². The van der Waals surface area contributed by atoms with Gasteiger partial charge >= 0.3 is 5.97 Å². The first kappa shape index (κ1) is 15.5. The first-order valence-electron chi connectivity index (χ1n) is 6.44. The molecule has 110 valence electrons. The van der Waals surface area contributed by atoms with E-state index in [9.17, 15) is 9.18 Å². The lowest BCUT2D eigenvalue weighted by atomic mass is 9.99. The number of carbonyl (C=O) groups is 1. The van der Waals surface area contributed by atoms with Gasteiger partial charge in [0.15, 0.2) is 0 Å². The third-order valence-corrected chi connectivity index (χ3v) is 3.79. The van der Waals surface area contributed by atoms with Crippen molar-refractivity contribution >= 4 is 27.6 Å². The zero-order valence-corrected chi connectivity index (χ0v) is 13.1. The lowest BCUT2D eigenvalue weighted by Gasteiger charge is -2.17. The van der Waals surface area contributed by atoms with Crippen LogP contribution in [0.25, 0.3) is 0 Å². The summed E-state index contributed by atoms with van der Waals surface area (Å²) in [5.74, 6) is -1.23. The van der Waals surface area contributed by atoms with E-state index in [4.69, 9.17) is 4.74 Å². The molecular weight excluding hydrogens is 337 g/mol. The number of para-hydroxylation sites is 1. The molecule has 0 amide bonds. The number of hydrogen-bond acceptors (Lipinski definition) is 3. The summed E-state index contributed by atoms with van der Waals surface area (Å²) in [5.41, 5.74) is 1.16. The first-order chi connectivity index (χ1) is 10.1. The van der Waals surface area contributed by atoms with Gasteiger partial charge in [0, 0.05) is 11.0 Å². The van der Waals surface area contributed by atoms with Crippen molar-refractivity contribution in [1.82, 2.24) is 0 Å². The van der Waals surface area contributed by atoms with E-state index in [1.807, 2.05) is 30.3 Å². The molecule has 0 aliphatic carbocycles. The Kier molecular flexibility index (Phi) is 5.33. The number of benzene rings is 2. The van der Waals surface area contributed by atoms with Crippen molar-refractivity contribution in [3.05, 3.63) is 64.4 Å². The summed E-state index contributed by atoms with van der Waals surface area (Å²) >= 11 is 3.29. The molecule has 3 nitrogen and oxygen atoms in total. The largest absolute Gasteiger partial charge is 0.468 e. The van der Waals surface area contributed by atoms with Crippen molar-refractivity contribution in [2.24, 2.45) is 0 Å². The van der Waals surface area contributed by atoms with Crippen LogP contribution in [0, 0.1) is 5.82 Å². The van der Waals surface area contributed by atoms with Gasteiger partial charge in [0.2, 0.25) is 0 Å². The van der Waals surface area contributed by atoms with Gasteiger partial charge in [-0.1, -0.05) is 36.4 Å². The molecule has 0 aliphatic rings. The number of rotatable bonds is 5. The fourth-order valence-electron chi connectivity index (χ4n) is 2.04. The second kappa shape index (κ2) is 7.22. The molecule has 0 aromatic heterocycles. The fraction of sp³-hybridized carbons (Fsp3) is 0.188. The maximum atomic E-state index is 13.8. The Labute approximate surface area is 131 Å². The minimum absolute atomic E-state index is 0.246. The first-order valence-corrected chi connectivity index (χ1v) is 7.23. The maximum absolute atomic E-state index is 13.8. The summed E-state index contributed by atoms with van der Waals surface area (Å²) in [4.78, 5) is 11.9. The summed E-state index contributed by atoms with van der Waals surface area (Å²) in [6.45, 7) is 0.246. The zero-order chi connectivity index (χ0) is 15.2. The van der Waals surface area contributed by atoms with Crippen LogP contribution in [0.15, 0.2) is 53.0 Å². The molecule has 0 fully saturated rings. The van der Waals surface area contributed by atoms with E-state index in [-0.39, 0.29) is 18.3 Å². The minimum Gasteiger partial charge on any atom is -0.468 e. The number of anilines is 1. The van der Waals surface area contributed by atoms with Crippen molar-refractivity contribution in [3.63, 3.8) is 0 Å². The Morgan fingerprint density at radius 2 is 1.95 bits per heavy atom. The maximum Gasteiger partial charge on any atom is 0.314 e. The van der Waals surface area contributed by atoms with Gasteiger partial charge in [-0.05, 0) is 33.6 Å². The molecular formula is C16H15BrFNO2. The summed E-state index contributed by atoms with van der Waals surface area (Å²) in [5, 5.41) is 2.97. The van der Waals surface area contributed by atoms with Crippen molar-refractivity contribution in [1.29, 1.82) is 0 Å². The SMILES string of the molecule is COC(=O)C(CNc1c(F)cccc1Br)c1ccccc1. The highest BCUT2D eigenvalue weighted by Gasteiger charge is 2.21. The second-order valence-corrected chi connectivity index (χ2v) is 5.32. The van der Waals surface area contributed by atoms with Crippen LogP contribution in [0.1, 0.15) is 11.5 Å². The van der Waals surface area contributed by atoms with Crippen molar-refractivity contribution < 1.29 is 13.9 Å². The predicted molar refractivity (Wildman–Crippen MR) is 83.8 cm³/mol. The van der Waals surface area contributed by atoms with Crippen molar-refractivity contribution in [2.45, 2.75) is 5.92 Å². The van der Waals surface area contributed by atoms with E-state index >= 15 is 0 Å². The Bertz CT molecular complexity index is 599. The lowest BCUT2D eigenvalue weighted by molar-refractivity contribution is -0.142. The van der Waals surface area contributed by atoms with E-state index in [2.05, 4.69) is 21.2 Å². The average molecular weight is 352 g/mol. The minimum atomic E-state index is -0.497. The number of carbonyl (C=O) groups excluding carboxylic acids is 1. The molecule has 0 bridgehead atoms. The van der Waals surface area contributed by atoms with E-state index in [0.717, 1.165) is 5.56 Å². The van der Waals surface area contributed by atoms with Crippen LogP contribution in [0.4, 0.5) is 10.1 Å². The molecule has 2 rings (SSSR count). The Hall–Kier alpha value is -1.88. The van der Waals surface area contributed by atoms with Crippen LogP contribution in [-0.2, 0) is 9.53 Å². The van der Waals surface area contributed by atoms with Gasteiger partial charge < -0.3 is 10.1 Å². The zero-order valence-electron chi connectivity index (χ0n) is 11.5. The third kappa shape index (κ3) is 3.82. The molecule has 1 unspecified atom stereocenters. The van der Waals surface area contributed by atoms with E-state index in [1.54, 1.807) is 12.1 Å². The van der Waals surface area contributed by atoms with Gasteiger partial charge in [-0.15, -0.1) is 0 Å². The number of nitrogens with one attached hydrogen (secondary N) is 1. The van der Waals surface area contributed by atoms with Gasteiger partial charge in [-0.25, -0.2) is 4.39 Å². The Morgan fingerprint density at radius 3 is 2.57 bits per heavy atom. The number of esters is 1. The van der Waals surface area contributed by atoms with Crippen molar-refractivity contribution in [3.8, 4) is 0 Å². The Balaban J connectivity index is 2.19. The standard InChI is InChI=1S/C16H15BrFNO2/c1-21-16(20)12(11-6-3-2-4-7-11)10-19-15-13(17)8-5-9-14(15)18/h2-9,12,19H,10H2,1H3. The summed E-state index contributed by atoms with van der Waals surface area (Å²) < 4.78 is 19.2. The van der Waals surface area contributed by atoms with E-state index < -0.39 is 5.92 Å². The number of methoxy groups -OCH3 is 1. The topological polar surface area (TPSA) is 38.3 Å². The normalized spacial score (nSPS) is 11.8. The van der Waals surface area contributed by atoms with Gasteiger partial charge in [0.25, 0.3) is 0 Å². The van der Waals surface area contributed by atoms with E-state index in [0.29, 0.717) is 10.2 Å². The van der Waals surface area contributed by atoms with Crippen LogP contribution < -0.4 is 5.32 Å².